The Balaban J connectivity index is 1.52. The van der Waals surface area contributed by atoms with Gasteiger partial charge in [-0.15, -0.1) is 0 Å². The van der Waals surface area contributed by atoms with Crippen molar-refractivity contribution >= 4 is 16.6 Å². The van der Waals surface area contributed by atoms with Gasteiger partial charge in [0.1, 0.15) is 17.5 Å². The lowest BCUT2D eigenvalue weighted by atomic mass is 9.87. The van der Waals surface area contributed by atoms with E-state index >= 15 is 8.78 Å². The van der Waals surface area contributed by atoms with E-state index in [1.54, 1.807) is 13.0 Å². The Bertz CT molecular complexity index is 1260. The third-order valence-electron chi connectivity index (χ3n) is 7.33. The van der Waals surface area contributed by atoms with Crippen LogP contribution < -0.4 is 5.32 Å². The molecular formula is C27H30F6N4. The highest BCUT2D eigenvalue weighted by molar-refractivity contribution is 5.86. The third kappa shape index (κ3) is 5.05. The molecule has 2 N–H and O–H groups in total. The molecule has 1 fully saturated rings. The van der Waals surface area contributed by atoms with Gasteiger partial charge in [0.2, 0.25) is 0 Å². The molecule has 0 bridgehead atoms. The quantitative estimate of drug-likeness (QED) is 0.353. The van der Waals surface area contributed by atoms with Crippen LogP contribution >= 0.6 is 0 Å². The van der Waals surface area contributed by atoms with Crippen molar-refractivity contribution in [3.05, 3.63) is 64.6 Å². The monoisotopic (exact) mass is 524 g/mol. The summed E-state index contributed by atoms with van der Waals surface area (Å²) in [6, 6.07) is 5.10. The number of benzene rings is 2. The molecule has 3 aromatic rings. The molecule has 1 saturated heterocycles. The van der Waals surface area contributed by atoms with Gasteiger partial charge >= 0.3 is 0 Å². The van der Waals surface area contributed by atoms with Crippen LogP contribution in [0.1, 0.15) is 43.1 Å². The molecule has 0 aliphatic carbocycles. The lowest BCUT2D eigenvalue weighted by molar-refractivity contribution is -0.0374. The van der Waals surface area contributed by atoms with E-state index < -0.39 is 48.7 Å². The van der Waals surface area contributed by atoms with Gasteiger partial charge in [0.05, 0.1) is 25.3 Å². The molecule has 0 unspecified atom stereocenters. The minimum absolute atomic E-state index is 0.0301. The van der Waals surface area contributed by atoms with Crippen molar-refractivity contribution < 1.29 is 26.3 Å². The predicted molar refractivity (Wildman–Crippen MR) is 131 cm³/mol. The first kappa shape index (κ1) is 25.9. The van der Waals surface area contributed by atoms with E-state index in [0.717, 1.165) is 6.92 Å². The maximum absolute atomic E-state index is 15.6. The minimum Gasteiger partial charge on any atom is -0.380 e. The minimum atomic E-state index is -3.12. The maximum Gasteiger partial charge on any atom is 0.257 e. The molecule has 0 spiro atoms. The van der Waals surface area contributed by atoms with Crippen molar-refractivity contribution in [2.45, 2.75) is 50.7 Å². The zero-order valence-electron chi connectivity index (χ0n) is 20.7. The predicted octanol–water partition coefficient (Wildman–Crippen LogP) is 6.03. The second kappa shape index (κ2) is 9.87. The van der Waals surface area contributed by atoms with Crippen molar-refractivity contribution in [2.24, 2.45) is 0 Å². The maximum atomic E-state index is 15.6. The molecule has 1 aromatic heterocycles. The van der Waals surface area contributed by atoms with Crippen molar-refractivity contribution in [1.82, 2.24) is 14.8 Å². The summed E-state index contributed by atoms with van der Waals surface area (Å²) in [6.07, 6.45) is 0.698. The topological polar surface area (TPSA) is 34.3 Å². The lowest BCUT2D eigenvalue weighted by Crippen LogP contribution is -2.54. The average Bonchev–Trinajstić information content (AvgIpc) is 3.15. The number of fused-ring (bicyclic) bond motifs is 3. The van der Waals surface area contributed by atoms with E-state index in [2.05, 4.69) is 10.3 Å². The molecule has 10 heteroatoms. The zero-order chi connectivity index (χ0) is 26.5. The number of aromatic nitrogens is 1. The lowest BCUT2D eigenvalue weighted by Gasteiger charge is -2.42. The Morgan fingerprint density at radius 2 is 1.78 bits per heavy atom. The second-order valence-corrected chi connectivity index (χ2v) is 10.4. The van der Waals surface area contributed by atoms with Crippen LogP contribution in [-0.4, -0.2) is 65.6 Å². The fraction of sp³-hybridized carbons (Fsp3) is 0.481. The Hall–Kier alpha value is -2.72. The van der Waals surface area contributed by atoms with E-state index in [4.69, 9.17) is 0 Å². The van der Waals surface area contributed by atoms with Gasteiger partial charge in [-0.3, -0.25) is 14.2 Å². The molecule has 5 rings (SSSR count). The number of aromatic amines is 1. The Morgan fingerprint density at radius 1 is 1.08 bits per heavy atom. The van der Waals surface area contributed by atoms with E-state index in [1.165, 1.54) is 29.2 Å². The van der Waals surface area contributed by atoms with Gasteiger partial charge in [0.15, 0.2) is 0 Å². The van der Waals surface area contributed by atoms with Crippen LogP contribution in [0.5, 0.6) is 0 Å². The number of nitrogens with one attached hydrogen (secondary N) is 2. The van der Waals surface area contributed by atoms with Crippen molar-refractivity contribution in [3.63, 3.8) is 0 Å². The highest BCUT2D eigenvalue weighted by atomic mass is 19.3. The van der Waals surface area contributed by atoms with Gasteiger partial charge in [-0.05, 0) is 49.6 Å². The van der Waals surface area contributed by atoms with Crippen LogP contribution in [0, 0.1) is 17.5 Å². The molecule has 2 aromatic carbocycles. The highest BCUT2D eigenvalue weighted by Gasteiger charge is 2.42. The number of likely N-dealkylation sites (tertiary alicyclic amines) is 1. The van der Waals surface area contributed by atoms with E-state index in [0.29, 0.717) is 48.2 Å². The summed E-state index contributed by atoms with van der Waals surface area (Å²) >= 11 is 0. The van der Waals surface area contributed by atoms with Gasteiger partial charge in [-0.1, -0.05) is 6.07 Å². The summed E-state index contributed by atoms with van der Waals surface area (Å²) in [6.45, 7) is 3.26. The number of H-pyrrole nitrogens is 1. The van der Waals surface area contributed by atoms with Gasteiger partial charge in [-0.25, -0.2) is 22.0 Å². The van der Waals surface area contributed by atoms with E-state index in [1.807, 2.05) is 4.90 Å². The molecular weight excluding hydrogens is 494 g/mol. The first-order valence-corrected chi connectivity index (χ1v) is 12.5. The number of rotatable bonds is 8. The first-order chi connectivity index (χ1) is 17.6. The number of anilines is 1. The SMILES string of the molecule is C[C@H]1Cc2c([nH]c3cccc(F)c23)[C@H](c2c(F)cc(NC3CN(CCCF)C3)cc2F)N1CC(C)(F)F. The number of halogens is 6. The van der Waals surface area contributed by atoms with Gasteiger partial charge in [-0.2, -0.15) is 0 Å². The number of hydrogen-bond donors (Lipinski definition) is 2. The Labute approximate surface area is 211 Å². The highest BCUT2D eigenvalue weighted by Crippen LogP contribution is 2.44. The Morgan fingerprint density at radius 3 is 2.43 bits per heavy atom. The van der Waals surface area contributed by atoms with Crippen LogP contribution in [0.25, 0.3) is 10.9 Å². The molecule has 0 radical (unpaired) electrons. The van der Waals surface area contributed by atoms with E-state index in [9.17, 15) is 17.6 Å². The second-order valence-electron chi connectivity index (χ2n) is 10.4. The van der Waals surface area contributed by atoms with Crippen LogP contribution in [0.3, 0.4) is 0 Å². The summed E-state index contributed by atoms with van der Waals surface area (Å²) in [5.74, 6) is -5.33. The Kier molecular flexibility index (Phi) is 6.91. The molecule has 2 aliphatic heterocycles. The molecule has 200 valence electrons. The summed E-state index contributed by atoms with van der Waals surface area (Å²) < 4.78 is 86.9. The molecule has 3 heterocycles. The van der Waals surface area contributed by atoms with Crippen LogP contribution in [-0.2, 0) is 6.42 Å². The fourth-order valence-electron chi connectivity index (χ4n) is 5.74. The fourth-order valence-corrected chi connectivity index (χ4v) is 5.74. The number of hydrogen-bond acceptors (Lipinski definition) is 3. The molecule has 2 aliphatic rings. The average molecular weight is 525 g/mol. The standard InChI is InChI=1S/C27H30F6N4/c1-15-9-18-23-19(29)5-3-6-22(23)35-25(18)26(37(15)14-27(2,32)33)24-20(30)10-16(11-21(24)31)34-17-12-36(13-17)8-4-7-28/h3,5-6,10-11,15,17,26,34-35H,4,7-9,12-14H2,1-2H3/t15-,26-/m0/s1. The normalized spacial score (nSPS) is 21.3. The van der Waals surface area contributed by atoms with Crippen LogP contribution in [0.4, 0.5) is 32.0 Å². The summed E-state index contributed by atoms with van der Waals surface area (Å²) in [4.78, 5) is 6.51. The molecule has 37 heavy (non-hydrogen) atoms. The molecule has 0 saturated carbocycles. The molecule has 2 atom stereocenters. The molecule has 0 amide bonds. The summed E-state index contributed by atoms with van der Waals surface area (Å²) in [7, 11) is 0. The molecule has 4 nitrogen and oxygen atoms in total. The third-order valence-corrected chi connectivity index (χ3v) is 7.33. The largest absolute Gasteiger partial charge is 0.380 e. The van der Waals surface area contributed by atoms with Crippen molar-refractivity contribution in [3.8, 4) is 0 Å². The van der Waals surface area contributed by atoms with E-state index in [-0.39, 0.29) is 23.7 Å². The summed E-state index contributed by atoms with van der Waals surface area (Å²) in [5, 5.41) is 3.41. The van der Waals surface area contributed by atoms with Crippen molar-refractivity contribution in [2.75, 3.05) is 38.2 Å². The smallest absolute Gasteiger partial charge is 0.257 e. The van der Waals surface area contributed by atoms with Crippen molar-refractivity contribution in [1.29, 1.82) is 0 Å². The van der Waals surface area contributed by atoms with Gasteiger partial charge < -0.3 is 10.3 Å². The zero-order valence-corrected chi connectivity index (χ0v) is 20.7. The van der Waals surface area contributed by atoms with Crippen LogP contribution in [0.15, 0.2) is 30.3 Å². The summed E-state index contributed by atoms with van der Waals surface area (Å²) in [5.41, 5.74) is 1.21. The number of nitrogens with zero attached hydrogens (tertiary/aromatic N) is 2. The van der Waals surface area contributed by atoms with Gasteiger partial charge in [0, 0.05) is 60.4 Å². The first-order valence-electron chi connectivity index (χ1n) is 12.5. The number of alkyl halides is 3. The van der Waals surface area contributed by atoms with Crippen LogP contribution in [0.2, 0.25) is 0 Å². The van der Waals surface area contributed by atoms with Gasteiger partial charge in [0.25, 0.3) is 5.92 Å².